The molecule has 0 bridgehead atoms. The fraction of sp³-hybridized carbons (Fsp3) is 0.929. The third-order valence-electron chi connectivity index (χ3n) is 4.44. The quantitative estimate of drug-likeness (QED) is 0.746. The largest absolute Gasteiger partial charge is 0.356 e. The zero-order valence-corrected chi connectivity index (χ0v) is 12.2. The molecule has 1 N–H and O–H groups in total. The van der Waals surface area contributed by atoms with Gasteiger partial charge in [0, 0.05) is 18.3 Å². The van der Waals surface area contributed by atoms with E-state index >= 15 is 0 Å². The molecule has 0 aromatic carbocycles. The molecule has 2 fully saturated rings. The van der Waals surface area contributed by atoms with Crippen LogP contribution in [-0.2, 0) is 4.79 Å². The van der Waals surface area contributed by atoms with Crippen LogP contribution in [0.15, 0.2) is 0 Å². The highest BCUT2D eigenvalue weighted by atomic mass is 79.9. The lowest BCUT2D eigenvalue weighted by molar-refractivity contribution is -0.122. The van der Waals surface area contributed by atoms with Crippen LogP contribution in [0, 0.1) is 11.3 Å². The van der Waals surface area contributed by atoms with Gasteiger partial charge in [0.05, 0.1) is 0 Å². The SMILES string of the molecule is O=C(CC1CCCCC1)NCC1(CCBr)CC1. The van der Waals surface area contributed by atoms with Crippen LogP contribution in [0.1, 0.15) is 57.8 Å². The van der Waals surface area contributed by atoms with E-state index in [1.807, 2.05) is 0 Å². The van der Waals surface area contributed by atoms with Crippen molar-refractivity contribution in [2.45, 2.75) is 57.8 Å². The monoisotopic (exact) mass is 301 g/mol. The highest BCUT2D eigenvalue weighted by Gasteiger charge is 2.41. The molecule has 0 spiro atoms. The number of nitrogens with one attached hydrogen (secondary N) is 1. The van der Waals surface area contributed by atoms with Crippen molar-refractivity contribution in [2.75, 3.05) is 11.9 Å². The first-order valence-corrected chi connectivity index (χ1v) is 8.19. The minimum absolute atomic E-state index is 0.290. The van der Waals surface area contributed by atoms with Crippen LogP contribution in [0.3, 0.4) is 0 Å². The van der Waals surface area contributed by atoms with Gasteiger partial charge in [-0.3, -0.25) is 4.79 Å². The van der Waals surface area contributed by atoms with Crippen molar-refractivity contribution in [3.63, 3.8) is 0 Å². The summed E-state index contributed by atoms with van der Waals surface area (Å²) in [4.78, 5) is 11.9. The Balaban J connectivity index is 1.63. The normalized spacial score (nSPS) is 23.4. The van der Waals surface area contributed by atoms with Crippen LogP contribution in [0.25, 0.3) is 0 Å². The Morgan fingerprint density at radius 2 is 1.94 bits per heavy atom. The number of carbonyl (C=O) groups is 1. The first-order chi connectivity index (χ1) is 8.24. The summed E-state index contributed by atoms with van der Waals surface area (Å²) in [5, 5.41) is 4.22. The molecule has 1 amide bonds. The minimum Gasteiger partial charge on any atom is -0.356 e. The molecular weight excluding hydrogens is 278 g/mol. The summed E-state index contributed by atoms with van der Waals surface area (Å²) in [6.45, 7) is 0.907. The molecule has 3 heteroatoms. The number of hydrogen-bond acceptors (Lipinski definition) is 1. The standard InChI is InChI=1S/C14H24BrNO/c15-9-8-14(6-7-14)11-16-13(17)10-12-4-2-1-3-5-12/h12H,1-11H2,(H,16,17). The number of amides is 1. The predicted octanol–water partition coefficient (Wildman–Crippen LogP) is 3.64. The van der Waals surface area contributed by atoms with Crippen molar-refractivity contribution in [3.05, 3.63) is 0 Å². The van der Waals surface area contributed by atoms with E-state index in [0.717, 1.165) is 18.3 Å². The second-order valence-corrected chi connectivity index (χ2v) is 6.72. The van der Waals surface area contributed by atoms with Gasteiger partial charge in [-0.05, 0) is 43.4 Å². The van der Waals surface area contributed by atoms with Crippen LogP contribution in [0.5, 0.6) is 0 Å². The lowest BCUT2D eigenvalue weighted by Gasteiger charge is -2.21. The Labute approximate surface area is 113 Å². The summed E-state index contributed by atoms with van der Waals surface area (Å²) in [5.41, 5.74) is 0.450. The summed E-state index contributed by atoms with van der Waals surface area (Å²) in [5.74, 6) is 0.952. The zero-order chi connectivity index (χ0) is 12.1. The molecule has 0 saturated heterocycles. The second kappa shape index (κ2) is 6.21. The fourth-order valence-electron chi connectivity index (χ4n) is 2.90. The molecule has 0 radical (unpaired) electrons. The molecule has 0 unspecified atom stereocenters. The molecule has 0 aromatic heterocycles. The van der Waals surface area contributed by atoms with Crippen LogP contribution in [0.4, 0.5) is 0 Å². The van der Waals surface area contributed by atoms with E-state index in [-0.39, 0.29) is 5.91 Å². The topological polar surface area (TPSA) is 29.1 Å². The van der Waals surface area contributed by atoms with E-state index in [9.17, 15) is 4.79 Å². The summed E-state index contributed by atoms with van der Waals surface area (Å²) in [7, 11) is 0. The summed E-state index contributed by atoms with van der Waals surface area (Å²) >= 11 is 3.50. The predicted molar refractivity (Wildman–Crippen MR) is 74.3 cm³/mol. The van der Waals surface area contributed by atoms with E-state index < -0.39 is 0 Å². The van der Waals surface area contributed by atoms with E-state index in [0.29, 0.717) is 11.3 Å². The van der Waals surface area contributed by atoms with Crippen LogP contribution < -0.4 is 5.32 Å². The molecule has 2 saturated carbocycles. The molecule has 2 rings (SSSR count). The van der Waals surface area contributed by atoms with Crippen molar-refractivity contribution in [1.82, 2.24) is 5.32 Å². The number of alkyl halides is 1. The van der Waals surface area contributed by atoms with Crippen LogP contribution >= 0.6 is 15.9 Å². The Bertz CT molecular complexity index is 257. The van der Waals surface area contributed by atoms with Gasteiger partial charge in [0.25, 0.3) is 0 Å². The number of rotatable bonds is 6. The Morgan fingerprint density at radius 3 is 2.53 bits per heavy atom. The molecule has 2 nitrogen and oxygen atoms in total. The Morgan fingerprint density at radius 1 is 1.24 bits per heavy atom. The van der Waals surface area contributed by atoms with Crippen molar-refractivity contribution in [2.24, 2.45) is 11.3 Å². The maximum atomic E-state index is 11.9. The molecule has 0 aliphatic heterocycles. The molecule has 2 aliphatic rings. The first kappa shape index (κ1) is 13.4. The van der Waals surface area contributed by atoms with Gasteiger partial charge in [-0.1, -0.05) is 35.2 Å². The minimum atomic E-state index is 0.290. The van der Waals surface area contributed by atoms with Gasteiger partial charge in [0.2, 0.25) is 5.91 Å². The molecule has 17 heavy (non-hydrogen) atoms. The van der Waals surface area contributed by atoms with Gasteiger partial charge < -0.3 is 5.32 Å². The highest BCUT2D eigenvalue weighted by Crippen LogP contribution is 2.48. The van der Waals surface area contributed by atoms with Crippen LogP contribution in [-0.4, -0.2) is 17.8 Å². The molecular formula is C14H24BrNO. The van der Waals surface area contributed by atoms with Gasteiger partial charge in [-0.2, -0.15) is 0 Å². The third kappa shape index (κ3) is 4.27. The van der Waals surface area contributed by atoms with E-state index in [2.05, 4.69) is 21.2 Å². The van der Waals surface area contributed by atoms with Gasteiger partial charge in [-0.25, -0.2) is 0 Å². The maximum Gasteiger partial charge on any atom is 0.220 e. The number of carbonyl (C=O) groups excluding carboxylic acids is 1. The average molecular weight is 302 g/mol. The van der Waals surface area contributed by atoms with Gasteiger partial charge in [-0.15, -0.1) is 0 Å². The molecule has 0 aromatic rings. The molecule has 2 aliphatic carbocycles. The van der Waals surface area contributed by atoms with Crippen molar-refractivity contribution in [1.29, 1.82) is 0 Å². The van der Waals surface area contributed by atoms with Gasteiger partial charge in [0.15, 0.2) is 0 Å². The smallest absolute Gasteiger partial charge is 0.220 e. The van der Waals surface area contributed by atoms with E-state index in [4.69, 9.17) is 0 Å². The molecule has 98 valence electrons. The second-order valence-electron chi connectivity index (χ2n) is 5.92. The van der Waals surface area contributed by atoms with Gasteiger partial charge in [0.1, 0.15) is 0 Å². The highest BCUT2D eigenvalue weighted by molar-refractivity contribution is 9.09. The van der Waals surface area contributed by atoms with E-state index in [1.165, 1.54) is 51.4 Å². The average Bonchev–Trinajstić information content (AvgIpc) is 3.09. The van der Waals surface area contributed by atoms with Crippen molar-refractivity contribution in [3.8, 4) is 0 Å². The Hall–Kier alpha value is -0.0500. The summed E-state index contributed by atoms with van der Waals surface area (Å²) in [6, 6.07) is 0. The first-order valence-electron chi connectivity index (χ1n) is 7.07. The van der Waals surface area contributed by atoms with Crippen molar-refractivity contribution >= 4 is 21.8 Å². The summed E-state index contributed by atoms with van der Waals surface area (Å²) in [6.07, 6.45) is 11.1. The zero-order valence-electron chi connectivity index (χ0n) is 10.6. The summed E-state index contributed by atoms with van der Waals surface area (Å²) < 4.78 is 0. The third-order valence-corrected chi connectivity index (χ3v) is 4.84. The number of halogens is 1. The molecule has 0 heterocycles. The molecule has 0 atom stereocenters. The van der Waals surface area contributed by atoms with Crippen LogP contribution in [0.2, 0.25) is 0 Å². The number of hydrogen-bond donors (Lipinski definition) is 1. The van der Waals surface area contributed by atoms with E-state index in [1.54, 1.807) is 0 Å². The lowest BCUT2D eigenvalue weighted by atomic mass is 9.87. The van der Waals surface area contributed by atoms with Crippen molar-refractivity contribution < 1.29 is 4.79 Å². The maximum absolute atomic E-state index is 11.9. The lowest BCUT2D eigenvalue weighted by Crippen LogP contribution is -2.32. The Kier molecular flexibility index (Phi) is 4.89. The fourth-order valence-corrected chi connectivity index (χ4v) is 3.75. The van der Waals surface area contributed by atoms with Gasteiger partial charge >= 0.3 is 0 Å².